The summed E-state index contributed by atoms with van der Waals surface area (Å²) in [5.74, 6) is -8.44. The maximum Gasteiger partial charge on any atom is 0.352 e. The lowest BCUT2D eigenvalue weighted by molar-refractivity contribution is -0.192. The quantitative estimate of drug-likeness (QED) is 0.0351. The summed E-state index contributed by atoms with van der Waals surface area (Å²) in [5.41, 5.74) is -4.23. The molecule has 2 aliphatic heterocycles. The minimum atomic E-state index is -2.16. The van der Waals surface area contributed by atoms with Gasteiger partial charge in [0, 0.05) is 18.6 Å². The van der Waals surface area contributed by atoms with Crippen LogP contribution in [0.2, 0.25) is 0 Å². The molecule has 56 heavy (non-hydrogen) atoms. The number of amides is 3. The monoisotopic (exact) mass is 813 g/mol. The lowest BCUT2D eigenvalue weighted by atomic mass is 9.96. The van der Waals surface area contributed by atoms with Gasteiger partial charge >= 0.3 is 17.9 Å². The second-order valence-electron chi connectivity index (χ2n) is 11.8. The van der Waals surface area contributed by atoms with Crippen LogP contribution >= 0.6 is 23.5 Å². The SMILES string of the molecule is CO[C@@]1(NC(=O)C(NC(=O)c2coc3c(O)c(O)ccc3c2=O)c2ccc(OCC(=O)O)cc2)C(=O)N2C(C(=O)O)=C(CSc3nnnn3CC(=O)O)CS[C@H]21. The number of thioether (sulfide) groups is 2. The molecule has 3 amide bonds. The summed E-state index contributed by atoms with van der Waals surface area (Å²) in [6, 6.07) is 5.62. The number of carbonyl (C=O) groups excluding carboxylic acids is 3. The Morgan fingerprint density at radius 2 is 1.80 bits per heavy atom. The largest absolute Gasteiger partial charge is 0.504 e. The summed E-state index contributed by atoms with van der Waals surface area (Å²) >= 11 is 1.98. The van der Waals surface area contributed by atoms with E-state index < -0.39 is 99.7 Å². The minimum Gasteiger partial charge on any atom is -0.504 e. The number of hydrogen-bond donors (Lipinski definition) is 7. The number of hydrogen-bond acceptors (Lipinski definition) is 17. The van der Waals surface area contributed by atoms with Crippen LogP contribution in [0.25, 0.3) is 11.0 Å². The summed E-state index contributed by atoms with van der Waals surface area (Å²) < 4.78 is 17.0. The number of nitrogens with zero attached hydrogens (tertiary/aromatic N) is 5. The van der Waals surface area contributed by atoms with E-state index >= 15 is 0 Å². The maximum atomic E-state index is 14.1. The molecule has 0 aliphatic carbocycles. The first-order valence-electron chi connectivity index (χ1n) is 15.8. The lowest BCUT2D eigenvalue weighted by Gasteiger charge is -2.56. The van der Waals surface area contributed by atoms with Crippen molar-refractivity contribution in [2.24, 2.45) is 0 Å². The molecule has 0 bridgehead atoms. The Balaban J connectivity index is 1.28. The van der Waals surface area contributed by atoms with Crippen molar-refractivity contribution in [3.8, 4) is 17.2 Å². The standard InChI is InChI=1S/C32H27N7O15S2/c1-52-32(29(51)39-22(28(49)50)14(11-55-30(32)39)12-56-31-35-36-37-38(31)8-19(41)42)34-27(48)21(13-2-4-15(5-3-13)53-10-20(43)44)33-26(47)17-9-54-25-16(23(17)45)6-7-18(40)24(25)46/h2-7,9,21,30,40,46H,8,10-12H2,1H3,(H,33,47)(H,34,48)(H,41,42)(H,43,44)(H,49,50)/t21?,30-,32-/m0/s1. The first-order valence-corrected chi connectivity index (χ1v) is 17.8. The van der Waals surface area contributed by atoms with E-state index in [2.05, 4.69) is 26.2 Å². The number of carbonyl (C=O) groups is 6. The molecule has 6 rings (SSSR count). The molecular formula is C32H27N7O15S2. The van der Waals surface area contributed by atoms with E-state index in [0.29, 0.717) is 6.26 Å². The van der Waals surface area contributed by atoms with Gasteiger partial charge in [-0.3, -0.25) is 28.9 Å². The number of benzene rings is 2. The van der Waals surface area contributed by atoms with Gasteiger partial charge in [0.2, 0.25) is 22.2 Å². The number of fused-ring (bicyclic) bond motifs is 2. The summed E-state index contributed by atoms with van der Waals surface area (Å²) in [4.78, 5) is 90.5. The number of carboxylic acid groups (broad SMARTS) is 3. The molecule has 0 radical (unpaired) electrons. The van der Waals surface area contributed by atoms with Crippen LogP contribution in [-0.4, -0.2) is 123 Å². The van der Waals surface area contributed by atoms with Gasteiger partial charge in [-0.05, 0) is 45.8 Å². The van der Waals surface area contributed by atoms with Crippen molar-refractivity contribution in [1.82, 2.24) is 35.7 Å². The maximum absolute atomic E-state index is 14.1. The van der Waals surface area contributed by atoms with Gasteiger partial charge in [0.25, 0.3) is 17.5 Å². The molecule has 292 valence electrons. The Hall–Kier alpha value is -6.66. The smallest absolute Gasteiger partial charge is 0.352 e. The number of β-lactam (4-membered cyclic amide) rings is 1. The molecular weight excluding hydrogens is 787 g/mol. The molecule has 24 heteroatoms. The van der Waals surface area contributed by atoms with E-state index in [0.717, 1.165) is 52.3 Å². The van der Waals surface area contributed by atoms with Gasteiger partial charge in [-0.2, -0.15) is 0 Å². The number of nitrogens with one attached hydrogen (secondary N) is 2. The molecule has 2 aromatic heterocycles. The molecule has 4 aromatic rings. The highest BCUT2D eigenvalue weighted by Crippen LogP contribution is 2.47. The number of phenols is 2. The van der Waals surface area contributed by atoms with E-state index in [1.165, 1.54) is 24.3 Å². The zero-order valence-corrected chi connectivity index (χ0v) is 30.0. The third-order valence-electron chi connectivity index (χ3n) is 8.36. The third kappa shape index (κ3) is 7.26. The van der Waals surface area contributed by atoms with Gasteiger partial charge < -0.3 is 50.1 Å². The average molecular weight is 814 g/mol. The van der Waals surface area contributed by atoms with E-state index in [1.54, 1.807) is 0 Å². The van der Waals surface area contributed by atoms with Gasteiger partial charge in [0.15, 0.2) is 17.9 Å². The van der Waals surface area contributed by atoms with Crippen molar-refractivity contribution in [3.05, 3.63) is 75.3 Å². The molecule has 0 saturated carbocycles. The molecule has 0 spiro atoms. The molecule has 4 heterocycles. The van der Waals surface area contributed by atoms with Gasteiger partial charge in [-0.15, -0.1) is 16.9 Å². The van der Waals surface area contributed by atoms with Crippen molar-refractivity contribution in [2.45, 2.75) is 28.8 Å². The van der Waals surface area contributed by atoms with Crippen LogP contribution < -0.4 is 20.8 Å². The Morgan fingerprint density at radius 3 is 2.46 bits per heavy atom. The molecule has 2 aromatic carbocycles. The Labute approximate surface area is 320 Å². The highest BCUT2D eigenvalue weighted by molar-refractivity contribution is 8.01. The van der Waals surface area contributed by atoms with Gasteiger partial charge in [-0.1, -0.05) is 23.9 Å². The summed E-state index contributed by atoms with van der Waals surface area (Å²) in [5, 5.41) is 62.5. The van der Waals surface area contributed by atoms with Crippen LogP contribution in [0.1, 0.15) is 22.0 Å². The number of carboxylic acids is 3. The zero-order valence-electron chi connectivity index (χ0n) is 28.4. The number of ether oxygens (including phenoxy) is 2. The molecule has 1 saturated heterocycles. The van der Waals surface area contributed by atoms with Crippen LogP contribution in [0, 0.1) is 0 Å². The van der Waals surface area contributed by atoms with Gasteiger partial charge in [-0.25, -0.2) is 14.3 Å². The minimum absolute atomic E-state index is 0.00754. The molecule has 1 unspecified atom stereocenters. The number of phenolic OH excluding ortho intramolecular Hbond substituents is 2. The predicted molar refractivity (Wildman–Crippen MR) is 187 cm³/mol. The van der Waals surface area contributed by atoms with Crippen molar-refractivity contribution in [2.75, 3.05) is 25.2 Å². The highest BCUT2D eigenvalue weighted by atomic mass is 32.2. The average Bonchev–Trinajstić information content (AvgIpc) is 3.61. The fraction of sp³-hybridized carbons (Fsp3) is 0.250. The number of aliphatic carboxylic acids is 3. The van der Waals surface area contributed by atoms with E-state index in [4.69, 9.17) is 24.1 Å². The van der Waals surface area contributed by atoms with E-state index in [1.807, 2.05) is 0 Å². The van der Waals surface area contributed by atoms with Crippen LogP contribution in [0.3, 0.4) is 0 Å². The van der Waals surface area contributed by atoms with Gasteiger partial charge in [0.05, 0.1) is 5.39 Å². The lowest BCUT2D eigenvalue weighted by Crippen LogP contribution is -2.81. The van der Waals surface area contributed by atoms with Crippen molar-refractivity contribution in [1.29, 1.82) is 0 Å². The fourth-order valence-electron chi connectivity index (χ4n) is 5.73. The van der Waals surface area contributed by atoms with Crippen LogP contribution in [0.5, 0.6) is 17.2 Å². The van der Waals surface area contributed by atoms with E-state index in [9.17, 15) is 48.9 Å². The fourth-order valence-corrected chi connectivity index (χ4v) is 8.19. The molecule has 3 atom stereocenters. The number of tetrazole rings is 1. The first-order chi connectivity index (χ1) is 26.7. The number of aromatic nitrogens is 4. The van der Waals surface area contributed by atoms with Crippen molar-refractivity contribution < 1.29 is 68.2 Å². The third-order valence-corrected chi connectivity index (χ3v) is 10.8. The van der Waals surface area contributed by atoms with Crippen LogP contribution in [-0.2, 0) is 35.3 Å². The van der Waals surface area contributed by atoms with Crippen LogP contribution in [0.4, 0.5) is 0 Å². The first kappa shape index (κ1) is 39.0. The van der Waals surface area contributed by atoms with Gasteiger partial charge in [0.1, 0.15) is 41.2 Å². The summed E-state index contributed by atoms with van der Waals surface area (Å²) in [7, 11) is 1.10. The number of aromatic hydroxyl groups is 2. The second-order valence-corrected chi connectivity index (χ2v) is 13.8. The normalized spacial score (nSPS) is 18.1. The topological polar surface area (TPSA) is 323 Å². The number of rotatable bonds is 15. The highest BCUT2D eigenvalue weighted by Gasteiger charge is 2.67. The molecule has 22 nitrogen and oxygen atoms in total. The Morgan fingerprint density at radius 1 is 1.07 bits per heavy atom. The Kier molecular flexibility index (Phi) is 10.9. The molecule has 2 aliphatic rings. The van der Waals surface area contributed by atoms with Crippen molar-refractivity contribution in [3.63, 3.8) is 0 Å². The van der Waals surface area contributed by atoms with Crippen LogP contribution in [0.15, 0.2) is 68.3 Å². The number of methoxy groups -OCH3 is 1. The predicted octanol–water partition coefficient (Wildman–Crippen LogP) is -0.285. The summed E-state index contributed by atoms with van der Waals surface area (Å²) in [6.45, 7) is -1.23. The molecule has 1 fully saturated rings. The molecule has 7 N–H and O–H groups in total. The summed E-state index contributed by atoms with van der Waals surface area (Å²) in [6.07, 6.45) is 0.710. The van der Waals surface area contributed by atoms with E-state index in [-0.39, 0.29) is 38.9 Å². The van der Waals surface area contributed by atoms with Crippen molar-refractivity contribution >= 4 is 70.1 Å². The zero-order chi connectivity index (χ0) is 40.5. The second kappa shape index (κ2) is 15.6. The Bertz CT molecular complexity index is 2380.